The van der Waals surface area contributed by atoms with Crippen LogP contribution < -0.4 is 4.90 Å². The van der Waals surface area contributed by atoms with Gasteiger partial charge in [0.25, 0.3) is 0 Å². The quantitative estimate of drug-likeness (QED) is 0.317. The Morgan fingerprint density at radius 3 is 1.54 bits per heavy atom. The van der Waals surface area contributed by atoms with Gasteiger partial charge in [-0.1, -0.05) is 91.8 Å². The van der Waals surface area contributed by atoms with E-state index < -0.39 is 0 Å². The fourth-order valence-electron chi connectivity index (χ4n) is 5.01. The van der Waals surface area contributed by atoms with Crippen molar-refractivity contribution in [3.8, 4) is 0 Å². The van der Waals surface area contributed by atoms with E-state index in [9.17, 15) is 0 Å². The van der Waals surface area contributed by atoms with Gasteiger partial charge in [0.2, 0.25) is 0 Å². The normalized spacial score (nSPS) is 13.1. The zero-order chi connectivity index (χ0) is 26.0. The smallest absolute Gasteiger partial charge is 0.0520 e. The van der Waals surface area contributed by atoms with Crippen LogP contribution in [0.25, 0.3) is 0 Å². The minimum atomic E-state index is 0.128. The molecule has 1 heteroatoms. The van der Waals surface area contributed by atoms with Gasteiger partial charge in [0.1, 0.15) is 0 Å². The fraction of sp³-hybridized carbons (Fsp3) is 0.471. The average Bonchev–Trinajstić information content (AvgIpc) is 2.85. The van der Waals surface area contributed by atoms with Crippen LogP contribution in [0.3, 0.4) is 0 Å². The van der Waals surface area contributed by atoms with Gasteiger partial charge >= 0.3 is 0 Å². The van der Waals surface area contributed by atoms with E-state index in [0.717, 1.165) is 19.3 Å². The first kappa shape index (κ1) is 27.1. The Kier molecular flexibility index (Phi) is 8.20. The monoisotopic (exact) mass is 469 g/mol. The van der Waals surface area contributed by atoms with Crippen molar-refractivity contribution in [2.24, 2.45) is 0 Å². The lowest BCUT2D eigenvalue weighted by Crippen LogP contribution is -2.20. The first-order valence-electron chi connectivity index (χ1n) is 13.6. The predicted molar refractivity (Wildman–Crippen MR) is 156 cm³/mol. The SMILES string of the molecule is CCC(C)c1ccc(N(c2ccc(C(C)(CC)CC)cc2)c2c(C)cc(C(C)(C)C)cc2C)cc1. The van der Waals surface area contributed by atoms with Crippen LogP contribution >= 0.6 is 0 Å². The Bertz CT molecular complexity index is 1090. The summed E-state index contributed by atoms with van der Waals surface area (Å²) in [5.41, 5.74) is 10.9. The third-order valence-corrected chi connectivity index (χ3v) is 8.30. The lowest BCUT2D eigenvalue weighted by atomic mass is 9.78. The Morgan fingerprint density at radius 2 is 1.14 bits per heavy atom. The summed E-state index contributed by atoms with van der Waals surface area (Å²) in [6, 6.07) is 23.3. The van der Waals surface area contributed by atoms with E-state index in [1.54, 1.807) is 0 Å². The molecule has 0 fully saturated rings. The molecule has 0 aliphatic carbocycles. The zero-order valence-corrected chi connectivity index (χ0v) is 23.9. The summed E-state index contributed by atoms with van der Waals surface area (Å²) >= 11 is 0. The first-order valence-corrected chi connectivity index (χ1v) is 13.6. The molecule has 1 nitrogen and oxygen atoms in total. The summed E-state index contributed by atoms with van der Waals surface area (Å²) in [5.74, 6) is 0.576. The van der Waals surface area contributed by atoms with Crippen LogP contribution in [-0.2, 0) is 10.8 Å². The van der Waals surface area contributed by atoms with Crippen LogP contribution in [0.5, 0.6) is 0 Å². The first-order chi connectivity index (χ1) is 16.4. The van der Waals surface area contributed by atoms with Gasteiger partial charge in [0.05, 0.1) is 5.69 Å². The van der Waals surface area contributed by atoms with Gasteiger partial charge in [-0.05, 0) is 102 Å². The van der Waals surface area contributed by atoms with E-state index in [0.29, 0.717) is 5.92 Å². The molecule has 3 aromatic carbocycles. The van der Waals surface area contributed by atoms with E-state index in [-0.39, 0.29) is 10.8 Å². The van der Waals surface area contributed by atoms with Gasteiger partial charge in [-0.15, -0.1) is 0 Å². The Morgan fingerprint density at radius 1 is 0.686 bits per heavy atom. The lowest BCUT2D eigenvalue weighted by molar-refractivity contribution is 0.439. The van der Waals surface area contributed by atoms with Gasteiger partial charge < -0.3 is 4.90 Å². The molecule has 0 radical (unpaired) electrons. The standard InChI is InChI=1S/C34H47N/c1-11-24(4)27-14-18-30(19-15-27)35(31-20-16-28(17-21-31)34(10,12-2)13-3)32-25(5)22-29(23-26(32)6)33(7,8)9/h14-24H,11-13H2,1-10H3. The molecule has 0 N–H and O–H groups in total. The number of aryl methyl sites for hydroxylation is 2. The van der Waals surface area contributed by atoms with E-state index in [1.807, 2.05) is 0 Å². The highest BCUT2D eigenvalue weighted by Gasteiger charge is 2.24. The number of nitrogens with zero attached hydrogens (tertiary/aromatic N) is 1. The maximum absolute atomic E-state index is 2.45. The molecule has 1 unspecified atom stereocenters. The number of hydrogen-bond donors (Lipinski definition) is 0. The van der Waals surface area contributed by atoms with Crippen LogP contribution in [0.1, 0.15) is 108 Å². The van der Waals surface area contributed by atoms with Crippen LogP contribution in [0.15, 0.2) is 60.7 Å². The molecule has 1 atom stereocenters. The average molecular weight is 470 g/mol. The number of hydrogen-bond acceptors (Lipinski definition) is 1. The molecule has 0 bridgehead atoms. The van der Waals surface area contributed by atoms with Crippen LogP contribution in [-0.4, -0.2) is 0 Å². The van der Waals surface area contributed by atoms with Crippen LogP contribution in [0.2, 0.25) is 0 Å². The zero-order valence-electron chi connectivity index (χ0n) is 23.9. The Balaban J connectivity index is 2.18. The fourth-order valence-corrected chi connectivity index (χ4v) is 5.01. The molecule has 0 heterocycles. The second-order valence-corrected chi connectivity index (χ2v) is 11.8. The Labute approximate surface area is 215 Å². The van der Waals surface area contributed by atoms with Crippen molar-refractivity contribution in [2.45, 2.75) is 105 Å². The number of benzene rings is 3. The molecule has 3 rings (SSSR count). The van der Waals surface area contributed by atoms with Crippen molar-refractivity contribution >= 4 is 17.1 Å². The summed E-state index contributed by atoms with van der Waals surface area (Å²) in [6.45, 7) is 23.0. The van der Waals surface area contributed by atoms with Gasteiger partial charge in [-0.2, -0.15) is 0 Å². The summed E-state index contributed by atoms with van der Waals surface area (Å²) in [7, 11) is 0. The molecule has 0 spiro atoms. The van der Waals surface area contributed by atoms with Crippen molar-refractivity contribution in [2.75, 3.05) is 4.90 Å². The third kappa shape index (κ3) is 5.66. The molecule has 3 aromatic rings. The predicted octanol–water partition coefficient (Wildman–Crippen LogP) is 10.7. The highest BCUT2D eigenvalue weighted by atomic mass is 15.1. The summed E-state index contributed by atoms with van der Waals surface area (Å²) < 4.78 is 0. The van der Waals surface area contributed by atoms with Gasteiger partial charge in [-0.3, -0.25) is 0 Å². The van der Waals surface area contributed by atoms with E-state index in [1.165, 1.54) is 44.9 Å². The molecule has 35 heavy (non-hydrogen) atoms. The van der Waals surface area contributed by atoms with Crippen molar-refractivity contribution < 1.29 is 0 Å². The summed E-state index contributed by atoms with van der Waals surface area (Å²) in [6.07, 6.45) is 3.46. The molecule has 0 amide bonds. The van der Waals surface area contributed by atoms with Crippen molar-refractivity contribution in [3.05, 3.63) is 88.5 Å². The molecule has 0 aromatic heterocycles. The minimum Gasteiger partial charge on any atom is -0.310 e. The second-order valence-electron chi connectivity index (χ2n) is 11.8. The van der Waals surface area contributed by atoms with Gasteiger partial charge in [0, 0.05) is 11.4 Å². The maximum Gasteiger partial charge on any atom is 0.0520 e. The highest BCUT2D eigenvalue weighted by Crippen LogP contribution is 2.42. The minimum absolute atomic E-state index is 0.128. The van der Waals surface area contributed by atoms with E-state index >= 15 is 0 Å². The van der Waals surface area contributed by atoms with Crippen LogP contribution in [0.4, 0.5) is 17.1 Å². The molecule has 0 aliphatic rings. The Hall–Kier alpha value is -2.54. The maximum atomic E-state index is 2.45. The molecular weight excluding hydrogens is 422 g/mol. The number of rotatable bonds is 8. The van der Waals surface area contributed by atoms with E-state index in [2.05, 4.69) is 135 Å². The van der Waals surface area contributed by atoms with Crippen molar-refractivity contribution in [1.29, 1.82) is 0 Å². The largest absolute Gasteiger partial charge is 0.310 e. The second kappa shape index (κ2) is 10.6. The molecule has 0 aliphatic heterocycles. The topological polar surface area (TPSA) is 3.24 Å². The highest BCUT2D eigenvalue weighted by molar-refractivity contribution is 5.81. The van der Waals surface area contributed by atoms with Crippen molar-refractivity contribution in [1.82, 2.24) is 0 Å². The summed E-state index contributed by atoms with van der Waals surface area (Å²) in [4.78, 5) is 2.45. The molecule has 188 valence electrons. The molecule has 0 saturated carbocycles. The van der Waals surface area contributed by atoms with Gasteiger partial charge in [0.15, 0.2) is 0 Å². The molecular formula is C34H47N. The van der Waals surface area contributed by atoms with Crippen molar-refractivity contribution in [3.63, 3.8) is 0 Å². The van der Waals surface area contributed by atoms with Gasteiger partial charge in [-0.25, -0.2) is 0 Å². The van der Waals surface area contributed by atoms with Crippen LogP contribution in [0, 0.1) is 13.8 Å². The number of anilines is 3. The molecule has 0 saturated heterocycles. The summed E-state index contributed by atoms with van der Waals surface area (Å²) in [5, 5.41) is 0. The van der Waals surface area contributed by atoms with E-state index in [4.69, 9.17) is 0 Å². The third-order valence-electron chi connectivity index (χ3n) is 8.30. The lowest BCUT2D eigenvalue weighted by Gasteiger charge is -2.32.